The molecular formula is C11H9NO4. The summed E-state index contributed by atoms with van der Waals surface area (Å²) in [7, 11) is 0. The van der Waals surface area contributed by atoms with Crippen molar-refractivity contribution in [3.8, 4) is 5.75 Å². The third-order valence-corrected chi connectivity index (χ3v) is 2.37. The van der Waals surface area contributed by atoms with E-state index >= 15 is 0 Å². The van der Waals surface area contributed by atoms with Crippen LogP contribution in [0.25, 0.3) is 6.08 Å². The quantitative estimate of drug-likeness (QED) is 0.563. The van der Waals surface area contributed by atoms with E-state index in [2.05, 4.69) is 0 Å². The molecule has 0 saturated carbocycles. The van der Waals surface area contributed by atoms with Crippen LogP contribution >= 0.6 is 0 Å². The Morgan fingerprint density at radius 1 is 1.50 bits per heavy atom. The van der Waals surface area contributed by atoms with Gasteiger partial charge in [-0.3, -0.25) is 14.9 Å². The average molecular weight is 219 g/mol. The molecule has 0 fully saturated rings. The molecule has 0 spiro atoms. The van der Waals surface area contributed by atoms with Crippen molar-refractivity contribution >= 4 is 17.5 Å². The summed E-state index contributed by atoms with van der Waals surface area (Å²) in [6, 6.07) is 4.32. The fourth-order valence-electron chi connectivity index (χ4n) is 1.48. The number of ether oxygens (including phenoxy) is 1. The molecule has 82 valence electrons. The minimum Gasteiger partial charge on any atom is -0.488 e. The number of non-ortho nitro benzene ring substituents is 1. The highest BCUT2D eigenvalue weighted by Crippen LogP contribution is 2.29. The second-order valence-electron chi connectivity index (χ2n) is 3.49. The Morgan fingerprint density at radius 2 is 2.25 bits per heavy atom. The number of carbonyl (C=O) groups excluding carboxylic acids is 1. The van der Waals surface area contributed by atoms with Crippen LogP contribution in [0, 0.1) is 10.1 Å². The molecule has 0 radical (unpaired) electrons. The van der Waals surface area contributed by atoms with Crippen LogP contribution in [-0.2, 0) is 4.79 Å². The molecule has 1 aliphatic heterocycles. The number of nitro benzene ring substituents is 1. The van der Waals surface area contributed by atoms with E-state index in [0.717, 1.165) is 0 Å². The van der Waals surface area contributed by atoms with Gasteiger partial charge in [-0.05, 0) is 19.1 Å². The number of fused-ring (bicyclic) bond motifs is 1. The fraction of sp³-hybridized carbons (Fsp3) is 0.182. The number of benzene rings is 1. The SMILES string of the molecule is CC(=O)C1=Cc2cc([N+](=O)[O-])ccc2OC1. The maximum atomic E-state index is 11.1. The summed E-state index contributed by atoms with van der Waals surface area (Å²) >= 11 is 0. The predicted molar refractivity (Wildman–Crippen MR) is 57.2 cm³/mol. The van der Waals surface area contributed by atoms with Crippen molar-refractivity contribution in [1.82, 2.24) is 0 Å². The van der Waals surface area contributed by atoms with Crippen LogP contribution in [0.2, 0.25) is 0 Å². The number of rotatable bonds is 2. The van der Waals surface area contributed by atoms with Crippen molar-refractivity contribution in [2.24, 2.45) is 0 Å². The Kier molecular flexibility index (Phi) is 2.44. The number of hydrogen-bond acceptors (Lipinski definition) is 4. The van der Waals surface area contributed by atoms with Crippen molar-refractivity contribution in [1.29, 1.82) is 0 Å². The van der Waals surface area contributed by atoms with Crippen LogP contribution in [0.4, 0.5) is 5.69 Å². The number of carbonyl (C=O) groups is 1. The van der Waals surface area contributed by atoms with Gasteiger partial charge in [0.05, 0.1) is 4.92 Å². The van der Waals surface area contributed by atoms with E-state index in [-0.39, 0.29) is 18.1 Å². The molecular weight excluding hydrogens is 210 g/mol. The van der Waals surface area contributed by atoms with Crippen molar-refractivity contribution in [2.45, 2.75) is 6.92 Å². The molecule has 0 saturated heterocycles. The lowest BCUT2D eigenvalue weighted by Gasteiger charge is -2.15. The van der Waals surface area contributed by atoms with Crippen LogP contribution < -0.4 is 4.74 Å². The van der Waals surface area contributed by atoms with Crippen molar-refractivity contribution in [3.63, 3.8) is 0 Å². The Labute approximate surface area is 91.5 Å². The molecule has 0 N–H and O–H groups in total. The monoisotopic (exact) mass is 219 g/mol. The Bertz CT molecular complexity index is 505. The van der Waals surface area contributed by atoms with Crippen LogP contribution in [0.3, 0.4) is 0 Å². The zero-order chi connectivity index (χ0) is 11.7. The Morgan fingerprint density at radius 3 is 2.88 bits per heavy atom. The highest BCUT2D eigenvalue weighted by Gasteiger charge is 2.17. The molecule has 0 atom stereocenters. The van der Waals surface area contributed by atoms with E-state index in [1.165, 1.54) is 19.1 Å². The zero-order valence-electron chi connectivity index (χ0n) is 8.60. The van der Waals surface area contributed by atoms with Crippen LogP contribution in [0.15, 0.2) is 23.8 Å². The van der Waals surface area contributed by atoms with Gasteiger partial charge in [-0.15, -0.1) is 0 Å². The van der Waals surface area contributed by atoms with Crippen molar-refractivity contribution < 1.29 is 14.5 Å². The van der Waals surface area contributed by atoms with Crippen LogP contribution in [-0.4, -0.2) is 17.3 Å². The molecule has 0 unspecified atom stereocenters. The van der Waals surface area contributed by atoms with Gasteiger partial charge in [-0.25, -0.2) is 0 Å². The molecule has 1 aromatic carbocycles. The number of ketones is 1. The zero-order valence-corrected chi connectivity index (χ0v) is 8.60. The summed E-state index contributed by atoms with van der Waals surface area (Å²) < 4.78 is 5.32. The molecule has 1 aromatic rings. The number of hydrogen-bond donors (Lipinski definition) is 0. The number of nitrogens with zero attached hydrogens (tertiary/aromatic N) is 1. The normalized spacial score (nSPS) is 13.4. The lowest BCUT2D eigenvalue weighted by Crippen LogP contribution is -2.12. The van der Waals surface area contributed by atoms with Crippen molar-refractivity contribution in [3.05, 3.63) is 39.4 Å². The van der Waals surface area contributed by atoms with Crippen molar-refractivity contribution in [2.75, 3.05) is 6.61 Å². The molecule has 16 heavy (non-hydrogen) atoms. The van der Waals surface area contributed by atoms with E-state index in [1.807, 2.05) is 0 Å². The van der Waals surface area contributed by atoms with E-state index < -0.39 is 4.92 Å². The van der Waals surface area contributed by atoms with Gasteiger partial charge in [0.1, 0.15) is 12.4 Å². The standard InChI is InChI=1S/C11H9NO4/c1-7(13)9-4-8-5-10(12(14)15)2-3-11(8)16-6-9/h2-5H,6H2,1H3. The maximum Gasteiger partial charge on any atom is 0.270 e. The summed E-state index contributed by atoms with van der Waals surface area (Å²) in [6.07, 6.45) is 1.63. The average Bonchev–Trinajstić information content (AvgIpc) is 2.27. The fourth-order valence-corrected chi connectivity index (χ4v) is 1.48. The second-order valence-corrected chi connectivity index (χ2v) is 3.49. The van der Waals surface area contributed by atoms with Gasteiger partial charge in [0.2, 0.25) is 0 Å². The molecule has 5 nitrogen and oxygen atoms in total. The smallest absolute Gasteiger partial charge is 0.270 e. The van der Waals surface area contributed by atoms with E-state index in [9.17, 15) is 14.9 Å². The first kappa shape index (κ1) is 10.4. The summed E-state index contributed by atoms with van der Waals surface area (Å²) in [5.41, 5.74) is 1.09. The van der Waals surface area contributed by atoms with Gasteiger partial charge < -0.3 is 4.74 Å². The first-order valence-electron chi connectivity index (χ1n) is 4.70. The van der Waals surface area contributed by atoms with E-state index in [1.54, 1.807) is 12.1 Å². The van der Waals surface area contributed by atoms with Gasteiger partial charge in [0.25, 0.3) is 5.69 Å². The molecule has 0 aromatic heterocycles. The van der Waals surface area contributed by atoms with Crippen LogP contribution in [0.5, 0.6) is 5.75 Å². The summed E-state index contributed by atoms with van der Waals surface area (Å²) in [5, 5.41) is 10.6. The van der Waals surface area contributed by atoms with Crippen LogP contribution in [0.1, 0.15) is 12.5 Å². The Balaban J connectivity index is 2.47. The molecule has 2 rings (SSSR count). The molecule has 0 bridgehead atoms. The molecule has 0 aliphatic carbocycles. The Hall–Kier alpha value is -2.17. The third-order valence-electron chi connectivity index (χ3n) is 2.37. The first-order valence-corrected chi connectivity index (χ1v) is 4.70. The summed E-state index contributed by atoms with van der Waals surface area (Å²) in [5.74, 6) is 0.479. The van der Waals surface area contributed by atoms with Gasteiger partial charge >= 0.3 is 0 Å². The third kappa shape index (κ3) is 1.79. The molecule has 5 heteroatoms. The summed E-state index contributed by atoms with van der Waals surface area (Å²) in [6.45, 7) is 1.66. The van der Waals surface area contributed by atoms with Gasteiger partial charge in [-0.1, -0.05) is 0 Å². The number of Topliss-reactive ketones (excluding diaryl/α,β-unsaturated/α-hetero) is 1. The molecule has 1 heterocycles. The lowest BCUT2D eigenvalue weighted by atomic mass is 10.0. The molecule has 0 amide bonds. The molecule has 1 aliphatic rings. The highest BCUT2D eigenvalue weighted by atomic mass is 16.6. The second kappa shape index (κ2) is 3.77. The lowest BCUT2D eigenvalue weighted by molar-refractivity contribution is -0.384. The largest absolute Gasteiger partial charge is 0.488 e. The van der Waals surface area contributed by atoms with Gasteiger partial charge in [0, 0.05) is 23.3 Å². The summed E-state index contributed by atoms with van der Waals surface area (Å²) in [4.78, 5) is 21.2. The topological polar surface area (TPSA) is 69.4 Å². The highest BCUT2D eigenvalue weighted by molar-refractivity contribution is 5.99. The predicted octanol–water partition coefficient (Wildman–Crippen LogP) is 1.96. The minimum absolute atomic E-state index is 0.0107. The first-order chi connectivity index (χ1) is 7.58. The van der Waals surface area contributed by atoms with Gasteiger partial charge in [0.15, 0.2) is 5.78 Å². The van der Waals surface area contributed by atoms with E-state index in [4.69, 9.17) is 4.74 Å². The van der Waals surface area contributed by atoms with Gasteiger partial charge in [-0.2, -0.15) is 0 Å². The minimum atomic E-state index is -0.476. The maximum absolute atomic E-state index is 11.1. The number of nitro groups is 1. The van der Waals surface area contributed by atoms with E-state index in [0.29, 0.717) is 16.9 Å².